The van der Waals surface area contributed by atoms with Gasteiger partial charge in [0.1, 0.15) is 11.6 Å². The third-order valence-electron chi connectivity index (χ3n) is 3.86. The molecule has 1 fully saturated rings. The van der Waals surface area contributed by atoms with Gasteiger partial charge < -0.3 is 10.1 Å². The molecule has 1 aromatic heterocycles. The Balaban J connectivity index is 1.36. The van der Waals surface area contributed by atoms with Crippen molar-refractivity contribution in [3.8, 4) is 5.75 Å². The van der Waals surface area contributed by atoms with Crippen LogP contribution in [-0.2, 0) is 11.2 Å². The van der Waals surface area contributed by atoms with Crippen molar-refractivity contribution in [1.29, 1.82) is 0 Å². The molecule has 2 aromatic rings. The number of ether oxygens (including phenoxy) is 1. The topological polar surface area (TPSA) is 79.9 Å². The van der Waals surface area contributed by atoms with Crippen LogP contribution >= 0.6 is 11.6 Å². The monoisotopic (exact) mass is 348 g/mol. The summed E-state index contributed by atoms with van der Waals surface area (Å²) in [5.74, 6) is 2.80. The average molecular weight is 349 g/mol. The largest absolute Gasteiger partial charge is 0.481 e. The number of aromatic amines is 1. The van der Waals surface area contributed by atoms with Crippen molar-refractivity contribution < 1.29 is 9.53 Å². The number of carbonyl (C=O) groups excluding carboxylic acids is 1. The normalized spacial score (nSPS) is 15.1. The summed E-state index contributed by atoms with van der Waals surface area (Å²) in [6, 6.07) is 7.01. The number of aromatic nitrogens is 3. The van der Waals surface area contributed by atoms with Gasteiger partial charge in [-0.15, -0.1) is 0 Å². The fourth-order valence-electron chi connectivity index (χ4n) is 2.36. The molecule has 0 saturated heterocycles. The van der Waals surface area contributed by atoms with Gasteiger partial charge in [-0.2, -0.15) is 5.10 Å². The van der Waals surface area contributed by atoms with Crippen molar-refractivity contribution in [3.05, 3.63) is 40.9 Å². The van der Waals surface area contributed by atoms with Gasteiger partial charge in [0.25, 0.3) is 5.91 Å². The molecule has 0 spiro atoms. The summed E-state index contributed by atoms with van der Waals surface area (Å²) in [5.41, 5.74) is 0. The summed E-state index contributed by atoms with van der Waals surface area (Å²) in [7, 11) is 0. The summed E-state index contributed by atoms with van der Waals surface area (Å²) in [4.78, 5) is 16.5. The Morgan fingerprint density at radius 1 is 1.50 bits per heavy atom. The van der Waals surface area contributed by atoms with Gasteiger partial charge in [0, 0.05) is 23.9 Å². The van der Waals surface area contributed by atoms with Crippen molar-refractivity contribution in [1.82, 2.24) is 20.5 Å². The highest BCUT2D eigenvalue weighted by molar-refractivity contribution is 6.30. The van der Waals surface area contributed by atoms with Crippen LogP contribution in [0.2, 0.25) is 5.02 Å². The summed E-state index contributed by atoms with van der Waals surface area (Å²) < 4.78 is 5.58. The van der Waals surface area contributed by atoms with Crippen LogP contribution in [-0.4, -0.2) is 33.7 Å². The number of H-pyrrole nitrogens is 1. The molecule has 1 atom stereocenters. The molecule has 3 rings (SSSR count). The highest BCUT2D eigenvalue weighted by atomic mass is 35.5. The van der Waals surface area contributed by atoms with Gasteiger partial charge in [-0.3, -0.25) is 9.89 Å². The summed E-state index contributed by atoms with van der Waals surface area (Å²) >= 11 is 5.90. The molecule has 7 heteroatoms. The SMILES string of the molecule is C[C@@H](Oc1cccc(Cl)c1)C(=O)NCCCc1nc(C2CC2)n[nH]1. The molecule has 1 saturated carbocycles. The van der Waals surface area contributed by atoms with E-state index in [9.17, 15) is 4.79 Å². The molecule has 0 radical (unpaired) electrons. The molecule has 0 bridgehead atoms. The summed E-state index contributed by atoms with van der Waals surface area (Å²) in [6.45, 7) is 2.29. The van der Waals surface area contributed by atoms with Crippen molar-refractivity contribution >= 4 is 17.5 Å². The lowest BCUT2D eigenvalue weighted by Gasteiger charge is -2.14. The maximum absolute atomic E-state index is 12.0. The van der Waals surface area contributed by atoms with Gasteiger partial charge in [-0.25, -0.2) is 4.98 Å². The third kappa shape index (κ3) is 4.71. The highest BCUT2D eigenvalue weighted by Gasteiger charge is 2.27. The molecular weight excluding hydrogens is 328 g/mol. The molecule has 1 aliphatic carbocycles. The fourth-order valence-corrected chi connectivity index (χ4v) is 2.54. The number of hydrogen-bond acceptors (Lipinski definition) is 4. The van der Waals surface area contributed by atoms with Gasteiger partial charge in [0.2, 0.25) is 0 Å². The molecule has 0 unspecified atom stereocenters. The van der Waals surface area contributed by atoms with E-state index in [0.717, 1.165) is 24.5 Å². The Morgan fingerprint density at radius 2 is 2.33 bits per heavy atom. The zero-order valence-corrected chi connectivity index (χ0v) is 14.3. The number of hydrogen-bond donors (Lipinski definition) is 2. The molecule has 1 heterocycles. The first-order chi connectivity index (χ1) is 11.6. The van der Waals surface area contributed by atoms with Crippen LogP contribution in [0.4, 0.5) is 0 Å². The number of amides is 1. The molecule has 6 nitrogen and oxygen atoms in total. The minimum absolute atomic E-state index is 0.147. The predicted octanol–water partition coefficient (Wildman–Crippen LogP) is 2.85. The van der Waals surface area contributed by atoms with Gasteiger partial charge in [0.15, 0.2) is 11.9 Å². The predicted molar refractivity (Wildman–Crippen MR) is 91.2 cm³/mol. The fraction of sp³-hybridized carbons (Fsp3) is 0.471. The lowest BCUT2D eigenvalue weighted by atomic mass is 10.3. The van der Waals surface area contributed by atoms with Crippen LogP contribution < -0.4 is 10.1 Å². The van der Waals surface area contributed by atoms with Gasteiger partial charge in [-0.05, 0) is 44.4 Å². The van der Waals surface area contributed by atoms with Crippen LogP contribution in [0, 0.1) is 0 Å². The second kappa shape index (κ2) is 7.66. The van der Waals surface area contributed by atoms with Gasteiger partial charge >= 0.3 is 0 Å². The second-order valence-corrected chi connectivity index (χ2v) is 6.46. The quantitative estimate of drug-likeness (QED) is 0.719. The zero-order valence-electron chi connectivity index (χ0n) is 13.6. The van der Waals surface area contributed by atoms with Crippen molar-refractivity contribution in [2.75, 3.05) is 6.54 Å². The van der Waals surface area contributed by atoms with Crippen molar-refractivity contribution in [3.63, 3.8) is 0 Å². The highest BCUT2D eigenvalue weighted by Crippen LogP contribution is 2.37. The Morgan fingerprint density at radius 3 is 3.08 bits per heavy atom. The number of nitrogens with zero attached hydrogens (tertiary/aromatic N) is 2. The van der Waals surface area contributed by atoms with E-state index in [4.69, 9.17) is 16.3 Å². The number of aryl methyl sites for hydroxylation is 1. The Kier molecular flexibility index (Phi) is 5.35. The van der Waals surface area contributed by atoms with E-state index >= 15 is 0 Å². The van der Waals surface area contributed by atoms with E-state index in [1.165, 1.54) is 12.8 Å². The second-order valence-electron chi connectivity index (χ2n) is 6.03. The molecule has 24 heavy (non-hydrogen) atoms. The minimum atomic E-state index is -0.574. The molecule has 128 valence electrons. The van der Waals surface area contributed by atoms with Crippen LogP contribution in [0.1, 0.15) is 43.8 Å². The number of rotatable bonds is 8. The van der Waals surface area contributed by atoms with E-state index < -0.39 is 6.10 Å². The van der Waals surface area contributed by atoms with Crippen LogP contribution in [0.15, 0.2) is 24.3 Å². The van der Waals surface area contributed by atoms with E-state index in [2.05, 4.69) is 20.5 Å². The molecule has 0 aliphatic heterocycles. The lowest BCUT2D eigenvalue weighted by Crippen LogP contribution is -2.36. The Bertz CT molecular complexity index is 699. The molecule has 1 aliphatic rings. The van der Waals surface area contributed by atoms with E-state index in [1.54, 1.807) is 31.2 Å². The maximum atomic E-state index is 12.0. The zero-order chi connectivity index (χ0) is 16.9. The lowest BCUT2D eigenvalue weighted by molar-refractivity contribution is -0.127. The number of nitrogens with one attached hydrogen (secondary N) is 2. The molecular formula is C17H21ClN4O2. The maximum Gasteiger partial charge on any atom is 0.260 e. The molecule has 1 aromatic carbocycles. The summed E-state index contributed by atoms with van der Waals surface area (Å²) in [5, 5.41) is 10.6. The first kappa shape index (κ1) is 16.8. The van der Waals surface area contributed by atoms with E-state index in [1.807, 2.05) is 0 Å². The van der Waals surface area contributed by atoms with Crippen LogP contribution in [0.5, 0.6) is 5.75 Å². The van der Waals surface area contributed by atoms with Crippen molar-refractivity contribution in [2.24, 2.45) is 0 Å². The smallest absolute Gasteiger partial charge is 0.260 e. The Labute approximate surface area is 146 Å². The number of carbonyl (C=O) groups is 1. The first-order valence-electron chi connectivity index (χ1n) is 8.23. The first-order valence-corrected chi connectivity index (χ1v) is 8.60. The van der Waals surface area contributed by atoms with Crippen LogP contribution in [0.3, 0.4) is 0 Å². The van der Waals surface area contributed by atoms with Gasteiger partial charge in [-0.1, -0.05) is 17.7 Å². The number of benzene rings is 1. The van der Waals surface area contributed by atoms with Gasteiger partial charge in [0.05, 0.1) is 0 Å². The summed E-state index contributed by atoms with van der Waals surface area (Å²) in [6.07, 6.45) is 3.38. The third-order valence-corrected chi connectivity index (χ3v) is 4.09. The van der Waals surface area contributed by atoms with E-state index in [0.29, 0.717) is 23.2 Å². The number of halogens is 1. The molecule has 2 N–H and O–H groups in total. The standard InChI is InChI=1S/C17H21ClN4O2/c1-11(24-14-5-2-4-13(18)10-14)17(23)19-9-3-6-15-20-16(22-21-15)12-7-8-12/h2,4-5,10-12H,3,6-9H2,1H3,(H,19,23)(H,20,21,22)/t11-/m1/s1. The molecule has 1 amide bonds. The van der Waals surface area contributed by atoms with E-state index in [-0.39, 0.29) is 5.91 Å². The average Bonchev–Trinajstić information content (AvgIpc) is 3.30. The Hall–Kier alpha value is -2.08. The van der Waals surface area contributed by atoms with Crippen LogP contribution in [0.25, 0.3) is 0 Å². The van der Waals surface area contributed by atoms with Crippen molar-refractivity contribution in [2.45, 2.75) is 44.6 Å². The minimum Gasteiger partial charge on any atom is -0.481 e.